The summed E-state index contributed by atoms with van der Waals surface area (Å²) in [5.41, 5.74) is 1.88. The van der Waals surface area contributed by atoms with Gasteiger partial charge < -0.3 is 5.32 Å². The van der Waals surface area contributed by atoms with Crippen LogP contribution < -0.4 is 16.0 Å². The summed E-state index contributed by atoms with van der Waals surface area (Å²) < 4.78 is 1.99. The highest BCUT2D eigenvalue weighted by Crippen LogP contribution is 2.04. The van der Waals surface area contributed by atoms with E-state index < -0.39 is 0 Å². The third-order valence-corrected chi connectivity index (χ3v) is 3.05. The first-order valence-corrected chi connectivity index (χ1v) is 6.76. The molecule has 6 nitrogen and oxygen atoms in total. The smallest absolute Gasteiger partial charge is 0.312 e. The Bertz CT molecular complexity index is 505. The zero-order chi connectivity index (χ0) is 13.8. The van der Waals surface area contributed by atoms with Crippen molar-refractivity contribution in [3.8, 4) is 0 Å². The minimum Gasteiger partial charge on any atom is -0.312 e. The fourth-order valence-corrected chi connectivity index (χ4v) is 2.27. The van der Waals surface area contributed by atoms with Gasteiger partial charge >= 0.3 is 5.96 Å². The van der Waals surface area contributed by atoms with Crippen molar-refractivity contribution in [2.75, 3.05) is 25.0 Å². The molecule has 0 spiro atoms. The standard InChI is InChI=1S/C12H18N6S/c1-4-13-12(19)18-6-5-14-11(18)17-10-15-8(2)7-9(3)16-10/h7H,4-6H2,1-3H3,(H2,13,14,15,16,17,19)/p+1. The number of nitrogens with zero attached hydrogens (tertiary/aromatic N) is 3. The topological polar surface area (TPSA) is 64.9 Å². The number of hydrogen-bond donors (Lipinski definition) is 3. The van der Waals surface area contributed by atoms with E-state index in [2.05, 4.69) is 25.9 Å². The van der Waals surface area contributed by atoms with E-state index in [9.17, 15) is 0 Å². The number of aromatic nitrogens is 2. The lowest BCUT2D eigenvalue weighted by Crippen LogP contribution is -2.39. The molecule has 0 fully saturated rings. The zero-order valence-corrected chi connectivity index (χ0v) is 12.3. The summed E-state index contributed by atoms with van der Waals surface area (Å²) >= 11 is 5.33. The normalized spacial score (nSPS) is 14.3. The summed E-state index contributed by atoms with van der Waals surface area (Å²) in [6.07, 6.45) is 0. The summed E-state index contributed by atoms with van der Waals surface area (Å²) in [5.74, 6) is 1.42. The minimum atomic E-state index is 0.589. The van der Waals surface area contributed by atoms with Gasteiger partial charge in [0.05, 0.1) is 13.1 Å². The molecule has 1 aromatic heterocycles. The molecule has 0 aliphatic carbocycles. The van der Waals surface area contributed by atoms with Crippen LogP contribution in [0.1, 0.15) is 18.3 Å². The lowest BCUT2D eigenvalue weighted by molar-refractivity contribution is -0.396. The van der Waals surface area contributed by atoms with Gasteiger partial charge in [-0.25, -0.2) is 19.9 Å². The highest BCUT2D eigenvalue weighted by atomic mass is 32.1. The van der Waals surface area contributed by atoms with Crippen molar-refractivity contribution in [2.45, 2.75) is 20.8 Å². The summed E-state index contributed by atoms with van der Waals surface area (Å²) in [7, 11) is 0. The third-order valence-electron chi connectivity index (χ3n) is 2.68. The SMILES string of the molecule is CCNC(=S)[N+]1=C(Nc2nc(C)cc(C)n2)NCC1. The van der Waals surface area contributed by atoms with E-state index in [1.165, 1.54) is 0 Å². The van der Waals surface area contributed by atoms with Crippen molar-refractivity contribution >= 4 is 29.2 Å². The fraction of sp³-hybridized carbons (Fsp3) is 0.500. The Kier molecular flexibility index (Phi) is 4.26. The molecule has 0 saturated heterocycles. The van der Waals surface area contributed by atoms with E-state index in [1.807, 2.05) is 31.4 Å². The Morgan fingerprint density at radius 3 is 2.74 bits per heavy atom. The van der Waals surface area contributed by atoms with Crippen LogP contribution in [-0.4, -0.2) is 45.2 Å². The Morgan fingerprint density at radius 1 is 1.42 bits per heavy atom. The van der Waals surface area contributed by atoms with Crippen molar-refractivity contribution in [1.29, 1.82) is 0 Å². The van der Waals surface area contributed by atoms with Gasteiger partial charge in [-0.1, -0.05) is 0 Å². The molecule has 0 bridgehead atoms. The molecule has 7 heteroatoms. The first kappa shape index (κ1) is 13.7. The quantitative estimate of drug-likeness (QED) is 0.537. The molecule has 2 rings (SSSR count). The van der Waals surface area contributed by atoms with E-state index in [4.69, 9.17) is 12.2 Å². The highest BCUT2D eigenvalue weighted by Gasteiger charge is 2.23. The molecule has 0 unspecified atom stereocenters. The van der Waals surface area contributed by atoms with Gasteiger partial charge in [-0.15, -0.1) is 0 Å². The average molecular weight is 279 g/mol. The molecular weight excluding hydrogens is 260 g/mol. The summed E-state index contributed by atoms with van der Waals surface area (Å²) in [5, 5.41) is 10.3. The van der Waals surface area contributed by atoms with Crippen LogP contribution in [0.4, 0.5) is 5.95 Å². The lowest BCUT2D eigenvalue weighted by Gasteiger charge is -2.07. The number of guanidine groups is 1. The number of anilines is 1. The lowest BCUT2D eigenvalue weighted by atomic mass is 10.4. The molecule has 1 aliphatic rings. The van der Waals surface area contributed by atoms with Crippen LogP contribution in [0.25, 0.3) is 0 Å². The van der Waals surface area contributed by atoms with Crippen molar-refractivity contribution in [3.63, 3.8) is 0 Å². The predicted octanol–water partition coefficient (Wildman–Crippen LogP) is 0.371. The van der Waals surface area contributed by atoms with Crippen LogP contribution in [-0.2, 0) is 0 Å². The first-order chi connectivity index (χ1) is 9.10. The maximum atomic E-state index is 5.33. The number of rotatable bonds is 2. The van der Waals surface area contributed by atoms with E-state index in [0.29, 0.717) is 11.1 Å². The minimum absolute atomic E-state index is 0.589. The summed E-state index contributed by atoms with van der Waals surface area (Å²) in [4.78, 5) is 8.73. The van der Waals surface area contributed by atoms with Gasteiger partial charge in [0.1, 0.15) is 0 Å². The second-order valence-electron chi connectivity index (χ2n) is 4.36. The Hall–Kier alpha value is -1.76. The molecule has 0 atom stereocenters. The third kappa shape index (κ3) is 3.37. The fourth-order valence-electron chi connectivity index (χ4n) is 1.94. The molecule has 3 N–H and O–H groups in total. The second-order valence-corrected chi connectivity index (χ2v) is 4.75. The number of thiocarbonyl (C=S) groups is 1. The van der Waals surface area contributed by atoms with Crippen LogP contribution in [0.3, 0.4) is 0 Å². The van der Waals surface area contributed by atoms with Crippen molar-refractivity contribution in [3.05, 3.63) is 17.5 Å². The van der Waals surface area contributed by atoms with Crippen LogP contribution in [0.15, 0.2) is 6.07 Å². The predicted molar refractivity (Wildman–Crippen MR) is 79.5 cm³/mol. The van der Waals surface area contributed by atoms with Crippen LogP contribution >= 0.6 is 12.2 Å². The molecular formula is C12H19N6S+. The summed E-state index contributed by atoms with van der Waals surface area (Å²) in [6.45, 7) is 8.41. The van der Waals surface area contributed by atoms with E-state index in [-0.39, 0.29) is 0 Å². The van der Waals surface area contributed by atoms with Gasteiger partial charge in [-0.2, -0.15) is 0 Å². The highest BCUT2D eigenvalue weighted by molar-refractivity contribution is 7.79. The molecule has 2 heterocycles. The van der Waals surface area contributed by atoms with Gasteiger partial charge in [0.2, 0.25) is 0 Å². The number of aryl methyl sites for hydroxylation is 2. The van der Waals surface area contributed by atoms with Gasteiger partial charge in [-0.3, -0.25) is 5.32 Å². The van der Waals surface area contributed by atoms with Crippen LogP contribution in [0, 0.1) is 13.8 Å². The van der Waals surface area contributed by atoms with Gasteiger partial charge in [-0.05, 0) is 39.1 Å². The second kappa shape index (κ2) is 5.92. The van der Waals surface area contributed by atoms with E-state index >= 15 is 0 Å². The molecule has 0 radical (unpaired) electrons. The van der Waals surface area contributed by atoms with Crippen LogP contribution in [0.2, 0.25) is 0 Å². The molecule has 102 valence electrons. The molecule has 0 amide bonds. The Labute approximate surface area is 118 Å². The number of hydrogen-bond acceptors (Lipinski definition) is 5. The monoisotopic (exact) mass is 279 g/mol. The molecule has 19 heavy (non-hydrogen) atoms. The molecule has 1 aromatic rings. The van der Waals surface area contributed by atoms with Gasteiger partial charge in [0, 0.05) is 17.9 Å². The molecule has 0 aromatic carbocycles. The van der Waals surface area contributed by atoms with Crippen molar-refractivity contribution in [1.82, 2.24) is 20.6 Å². The largest absolute Gasteiger partial charge is 0.317 e. The summed E-state index contributed by atoms with van der Waals surface area (Å²) in [6, 6.07) is 1.94. The first-order valence-electron chi connectivity index (χ1n) is 6.35. The van der Waals surface area contributed by atoms with Gasteiger partial charge in [0.25, 0.3) is 11.1 Å². The average Bonchev–Trinajstić information content (AvgIpc) is 2.76. The van der Waals surface area contributed by atoms with Crippen molar-refractivity contribution in [2.24, 2.45) is 0 Å². The molecule has 0 saturated carbocycles. The maximum Gasteiger partial charge on any atom is 0.317 e. The molecule has 1 aliphatic heterocycles. The number of nitrogens with one attached hydrogen (secondary N) is 3. The zero-order valence-electron chi connectivity index (χ0n) is 11.4. The van der Waals surface area contributed by atoms with E-state index in [1.54, 1.807) is 0 Å². The Balaban J connectivity index is 2.20. The van der Waals surface area contributed by atoms with Crippen LogP contribution in [0.5, 0.6) is 0 Å². The van der Waals surface area contributed by atoms with Gasteiger partial charge in [0.15, 0.2) is 0 Å². The Morgan fingerprint density at radius 2 is 2.11 bits per heavy atom. The van der Waals surface area contributed by atoms with E-state index in [0.717, 1.165) is 37.0 Å². The maximum absolute atomic E-state index is 5.33. The van der Waals surface area contributed by atoms with Crippen molar-refractivity contribution < 1.29 is 4.58 Å².